The summed E-state index contributed by atoms with van der Waals surface area (Å²) in [5, 5.41) is 0.577. The highest BCUT2D eigenvalue weighted by atomic mass is 35.5. The molecule has 6 aromatic rings. The largest absolute Gasteiger partial charge is 0.389 e. The van der Waals surface area contributed by atoms with Gasteiger partial charge < -0.3 is 0 Å². The van der Waals surface area contributed by atoms with Gasteiger partial charge in [0.2, 0.25) is 0 Å². The van der Waals surface area contributed by atoms with Gasteiger partial charge in [-0.05, 0) is 48.4 Å². The monoisotopic (exact) mass is 740 g/mol. The molecule has 0 radical (unpaired) electrons. The fourth-order valence-electron chi connectivity index (χ4n) is 5.46. The Labute approximate surface area is 298 Å². The zero-order valence-corrected chi connectivity index (χ0v) is 28.4. The number of alkyl halides is 6. The smallest absolute Gasteiger partial charge is 0.300 e. The van der Waals surface area contributed by atoms with Gasteiger partial charge in [-0.25, -0.2) is 9.97 Å². The van der Waals surface area contributed by atoms with Crippen molar-refractivity contribution in [1.82, 2.24) is 18.8 Å². The first-order valence-corrected chi connectivity index (χ1v) is 16.4. The minimum Gasteiger partial charge on any atom is -0.300 e. The number of rotatable bonds is 11. The molecule has 4 aromatic heterocycles. The standard InChI is InChI=1S/C20H17F3N2O2.C18H14ClF3N2O/c1-13(26)15-6-8-25-18(12-24-19(25)11-15)16-4-2-3-14(9-16)10-17(27)5-7-20(21,22)23;19-14-5-7-24-16(11-23-17(24)10-14)13-3-1-2-12(8-13)9-15(25)4-6-18(20,21)22/h2-4,6,8-9,11-12H,5,7,10H2,1H3;1-3,5,7-8,10-11H,4,6,9H2. The summed E-state index contributed by atoms with van der Waals surface area (Å²) >= 11 is 5.95. The molecule has 0 saturated heterocycles. The Kier molecular flexibility index (Phi) is 11.6. The summed E-state index contributed by atoms with van der Waals surface area (Å²) in [6.07, 6.45) is -5.02. The lowest BCUT2D eigenvalue weighted by Crippen LogP contribution is -2.12. The molecule has 0 fully saturated rings. The van der Waals surface area contributed by atoms with Gasteiger partial charge in [-0.1, -0.05) is 48.0 Å². The van der Waals surface area contributed by atoms with Crippen molar-refractivity contribution in [2.75, 3.05) is 0 Å². The summed E-state index contributed by atoms with van der Waals surface area (Å²) in [5.41, 5.74) is 6.39. The quantitative estimate of drug-likeness (QED) is 0.0976. The fourth-order valence-corrected chi connectivity index (χ4v) is 5.61. The first kappa shape index (κ1) is 37.9. The number of hydrogen-bond acceptors (Lipinski definition) is 5. The first-order valence-electron chi connectivity index (χ1n) is 16.0. The van der Waals surface area contributed by atoms with E-state index in [4.69, 9.17) is 11.6 Å². The second-order valence-electron chi connectivity index (χ2n) is 12.1. The van der Waals surface area contributed by atoms with E-state index < -0.39 is 49.6 Å². The average Bonchev–Trinajstić information content (AvgIpc) is 3.70. The van der Waals surface area contributed by atoms with Gasteiger partial charge in [0.1, 0.15) is 22.9 Å². The van der Waals surface area contributed by atoms with E-state index in [9.17, 15) is 40.7 Å². The number of imidazole rings is 2. The summed E-state index contributed by atoms with van der Waals surface area (Å²) in [6, 6.07) is 21.1. The fraction of sp³-hybridized carbons (Fsp3) is 0.237. The second-order valence-corrected chi connectivity index (χ2v) is 12.6. The summed E-state index contributed by atoms with van der Waals surface area (Å²) in [5.74, 6) is -0.936. The number of ketones is 3. The van der Waals surface area contributed by atoms with Crippen LogP contribution in [0.15, 0.2) is 97.6 Å². The van der Waals surface area contributed by atoms with Crippen LogP contribution in [0.1, 0.15) is 54.1 Å². The van der Waals surface area contributed by atoms with Crippen LogP contribution < -0.4 is 0 Å². The molecule has 0 spiro atoms. The summed E-state index contributed by atoms with van der Waals surface area (Å²) in [7, 11) is 0. The van der Waals surface area contributed by atoms with Gasteiger partial charge in [-0.2, -0.15) is 26.3 Å². The Bertz CT molecular complexity index is 2240. The number of carbonyl (C=O) groups excluding carboxylic acids is 3. The predicted molar refractivity (Wildman–Crippen MR) is 184 cm³/mol. The van der Waals surface area contributed by atoms with Crippen LogP contribution in [0.3, 0.4) is 0 Å². The maximum Gasteiger partial charge on any atom is 0.389 e. The lowest BCUT2D eigenvalue weighted by Gasteiger charge is -2.07. The van der Waals surface area contributed by atoms with Gasteiger partial charge in [0.25, 0.3) is 0 Å². The Balaban J connectivity index is 0.000000202. The molecule has 0 aliphatic carbocycles. The van der Waals surface area contributed by atoms with Crippen LogP contribution in [0.4, 0.5) is 26.3 Å². The minimum atomic E-state index is -4.33. The van der Waals surface area contributed by atoms with Crippen molar-refractivity contribution < 1.29 is 40.7 Å². The Morgan fingerprint density at radius 3 is 1.58 bits per heavy atom. The van der Waals surface area contributed by atoms with Gasteiger partial charge in [-0.15, -0.1) is 0 Å². The van der Waals surface area contributed by atoms with Gasteiger partial charge in [-0.3, -0.25) is 23.2 Å². The molecule has 0 aliphatic rings. The first-order chi connectivity index (χ1) is 24.5. The molecule has 6 rings (SSSR count). The lowest BCUT2D eigenvalue weighted by atomic mass is 10.0. The third-order valence-corrected chi connectivity index (χ3v) is 8.25. The average molecular weight is 741 g/mol. The molecule has 14 heteroatoms. The number of benzene rings is 2. The van der Waals surface area contributed by atoms with Crippen LogP contribution in [0, 0.1) is 0 Å². The van der Waals surface area contributed by atoms with Gasteiger partial charge in [0.05, 0.1) is 36.6 Å². The van der Waals surface area contributed by atoms with Crippen molar-refractivity contribution in [2.24, 2.45) is 0 Å². The van der Waals surface area contributed by atoms with E-state index in [-0.39, 0.29) is 18.6 Å². The molecule has 0 N–H and O–H groups in total. The van der Waals surface area contributed by atoms with Crippen molar-refractivity contribution in [3.05, 3.63) is 119 Å². The Morgan fingerprint density at radius 2 is 1.12 bits per heavy atom. The molecule has 4 heterocycles. The zero-order chi connectivity index (χ0) is 37.6. The number of pyridine rings is 2. The van der Waals surface area contributed by atoms with Crippen molar-refractivity contribution in [2.45, 2.75) is 57.8 Å². The molecule has 0 bridgehead atoms. The molecule has 270 valence electrons. The maximum atomic E-state index is 12.2. The number of hydrogen-bond donors (Lipinski definition) is 0. The normalized spacial score (nSPS) is 11.8. The van der Waals surface area contributed by atoms with Crippen LogP contribution in [0.2, 0.25) is 5.02 Å². The lowest BCUT2D eigenvalue weighted by molar-refractivity contribution is -0.143. The molecule has 0 unspecified atom stereocenters. The summed E-state index contributed by atoms with van der Waals surface area (Å²) in [6.45, 7) is 1.48. The third-order valence-electron chi connectivity index (χ3n) is 8.02. The van der Waals surface area contributed by atoms with Gasteiger partial charge in [0.15, 0.2) is 5.78 Å². The predicted octanol–water partition coefficient (Wildman–Crippen LogP) is 9.77. The molecule has 0 saturated carbocycles. The van der Waals surface area contributed by atoms with E-state index in [0.717, 1.165) is 22.5 Å². The summed E-state index contributed by atoms with van der Waals surface area (Å²) in [4.78, 5) is 43.7. The highest BCUT2D eigenvalue weighted by Crippen LogP contribution is 2.27. The van der Waals surface area contributed by atoms with E-state index >= 15 is 0 Å². The van der Waals surface area contributed by atoms with Crippen LogP contribution in [0.5, 0.6) is 0 Å². The summed E-state index contributed by atoms with van der Waals surface area (Å²) < 4.78 is 77.0. The number of nitrogens with zero attached hydrogens (tertiary/aromatic N) is 4. The highest BCUT2D eigenvalue weighted by Gasteiger charge is 2.28. The molecule has 7 nitrogen and oxygen atoms in total. The van der Waals surface area contributed by atoms with E-state index in [1.165, 1.54) is 6.92 Å². The van der Waals surface area contributed by atoms with Crippen LogP contribution in [-0.2, 0) is 22.4 Å². The van der Waals surface area contributed by atoms with Crippen molar-refractivity contribution in [3.8, 4) is 22.5 Å². The van der Waals surface area contributed by atoms with Crippen LogP contribution >= 0.6 is 11.6 Å². The van der Waals surface area contributed by atoms with Crippen molar-refractivity contribution >= 4 is 40.2 Å². The molecule has 52 heavy (non-hydrogen) atoms. The SMILES string of the molecule is CC(=O)c1ccn2c(-c3cccc(CC(=O)CCC(F)(F)F)c3)cnc2c1.O=C(CCC(F)(F)F)Cc1cccc(-c2cnc3cc(Cl)ccn23)c1. The zero-order valence-electron chi connectivity index (χ0n) is 27.6. The molecular formula is C38H31ClF6N4O3. The number of halogens is 7. The van der Waals surface area contributed by atoms with Crippen LogP contribution in [0.25, 0.3) is 33.8 Å². The minimum absolute atomic E-state index is 0.0213. The van der Waals surface area contributed by atoms with Crippen molar-refractivity contribution in [1.29, 1.82) is 0 Å². The van der Waals surface area contributed by atoms with Crippen LogP contribution in [-0.4, -0.2) is 48.5 Å². The number of fused-ring (bicyclic) bond motifs is 2. The highest BCUT2D eigenvalue weighted by molar-refractivity contribution is 6.30. The number of carbonyl (C=O) groups is 3. The van der Waals surface area contributed by atoms with Gasteiger partial charge in [0, 0.05) is 65.9 Å². The van der Waals surface area contributed by atoms with Gasteiger partial charge >= 0.3 is 12.4 Å². The van der Waals surface area contributed by atoms with E-state index in [1.54, 1.807) is 85.5 Å². The topological polar surface area (TPSA) is 85.8 Å². The Hall–Kier alpha value is -5.30. The molecule has 0 aliphatic heterocycles. The van der Waals surface area contributed by atoms with E-state index in [1.807, 2.05) is 20.9 Å². The maximum absolute atomic E-state index is 12.2. The van der Waals surface area contributed by atoms with E-state index in [2.05, 4.69) is 9.97 Å². The third kappa shape index (κ3) is 10.4. The Morgan fingerprint density at radius 1 is 0.654 bits per heavy atom. The molecular weight excluding hydrogens is 710 g/mol. The number of aromatic nitrogens is 4. The molecule has 0 atom stereocenters. The second kappa shape index (κ2) is 15.9. The molecule has 0 amide bonds. The molecule has 2 aromatic carbocycles. The van der Waals surface area contributed by atoms with Crippen molar-refractivity contribution in [3.63, 3.8) is 0 Å². The number of Topliss-reactive ketones (excluding diaryl/α,β-unsaturated/α-hetero) is 3. The van der Waals surface area contributed by atoms with E-state index in [0.29, 0.717) is 33.0 Å².